The third-order valence-electron chi connectivity index (χ3n) is 12.4. The maximum absolute atomic E-state index is 5.58. The zero-order valence-electron chi connectivity index (χ0n) is 34.2. The van der Waals surface area contributed by atoms with E-state index in [0.717, 1.165) is 56.2 Å². The second kappa shape index (κ2) is 15.5. The Morgan fingerprint density at radius 3 is 1.56 bits per heavy atom. The molecule has 0 saturated carbocycles. The van der Waals surface area contributed by atoms with Gasteiger partial charge in [-0.3, -0.25) is 9.97 Å². The van der Waals surface area contributed by atoms with E-state index in [1.165, 1.54) is 44.2 Å². The van der Waals surface area contributed by atoms with Crippen molar-refractivity contribution in [3.8, 4) is 50.3 Å². The van der Waals surface area contributed by atoms with Crippen LogP contribution in [0.3, 0.4) is 0 Å². The summed E-state index contributed by atoms with van der Waals surface area (Å²) in [6.07, 6.45) is 7.51. The Labute approximate surface area is 362 Å². The fourth-order valence-electron chi connectivity index (χ4n) is 9.57. The van der Waals surface area contributed by atoms with Crippen molar-refractivity contribution in [3.63, 3.8) is 0 Å². The zero-order chi connectivity index (χ0) is 41.5. The van der Waals surface area contributed by atoms with Gasteiger partial charge in [0.25, 0.3) is 0 Å². The lowest BCUT2D eigenvalue weighted by Crippen LogP contribution is -2.28. The van der Waals surface area contributed by atoms with Crippen LogP contribution in [0.25, 0.3) is 55.3 Å². The molecular formula is C58H41N3O. The number of nitrogens with zero attached hydrogens (tertiary/aromatic N) is 3. The first kappa shape index (κ1) is 37.0. The molecule has 294 valence electrons. The SMILES string of the molecule is COc1ccc(N(c2ccc(C3(c4cccc(-c5cc(-c6cccnc6)cc(-c6cccnc6)c5)c4)c4ccccc4-c4ccccc43)cc2)c2cccc3ccccc23)cc1. The molecule has 11 rings (SSSR count). The monoisotopic (exact) mass is 795 g/mol. The summed E-state index contributed by atoms with van der Waals surface area (Å²) in [4.78, 5) is 11.3. The molecule has 1 aliphatic rings. The average Bonchev–Trinajstić information content (AvgIpc) is 3.66. The Morgan fingerprint density at radius 2 is 0.952 bits per heavy atom. The van der Waals surface area contributed by atoms with Crippen molar-refractivity contribution in [2.24, 2.45) is 0 Å². The van der Waals surface area contributed by atoms with E-state index >= 15 is 0 Å². The van der Waals surface area contributed by atoms with Gasteiger partial charge in [-0.05, 0) is 140 Å². The van der Waals surface area contributed by atoms with Gasteiger partial charge in [-0.2, -0.15) is 0 Å². The third kappa shape index (κ3) is 6.24. The lowest BCUT2D eigenvalue weighted by atomic mass is 9.67. The summed E-state index contributed by atoms with van der Waals surface area (Å²) in [5.41, 5.74) is 16.7. The van der Waals surface area contributed by atoms with Crippen LogP contribution in [0.2, 0.25) is 0 Å². The molecule has 10 aromatic rings. The number of pyridine rings is 2. The van der Waals surface area contributed by atoms with Gasteiger partial charge in [0, 0.05) is 52.7 Å². The molecule has 0 bridgehead atoms. The molecule has 62 heavy (non-hydrogen) atoms. The molecule has 0 spiro atoms. The third-order valence-corrected chi connectivity index (χ3v) is 12.4. The van der Waals surface area contributed by atoms with Gasteiger partial charge in [0.2, 0.25) is 0 Å². The number of benzene rings is 8. The number of ether oxygens (including phenoxy) is 1. The van der Waals surface area contributed by atoms with E-state index in [4.69, 9.17) is 4.74 Å². The van der Waals surface area contributed by atoms with E-state index < -0.39 is 5.41 Å². The molecule has 4 heteroatoms. The van der Waals surface area contributed by atoms with Crippen molar-refractivity contribution in [3.05, 3.63) is 253 Å². The first-order valence-corrected chi connectivity index (χ1v) is 21.0. The molecule has 1 aliphatic carbocycles. The van der Waals surface area contributed by atoms with Crippen molar-refractivity contribution in [2.45, 2.75) is 5.41 Å². The number of aromatic nitrogens is 2. The molecule has 0 fully saturated rings. The number of rotatable bonds is 9. The largest absolute Gasteiger partial charge is 0.497 e. The molecule has 0 atom stereocenters. The fourth-order valence-corrected chi connectivity index (χ4v) is 9.57. The Hall–Kier alpha value is -8.08. The van der Waals surface area contributed by atoms with E-state index in [2.05, 4.69) is 197 Å². The van der Waals surface area contributed by atoms with Gasteiger partial charge >= 0.3 is 0 Å². The lowest BCUT2D eigenvalue weighted by Gasteiger charge is -2.35. The standard InChI is InChI=1S/C58H41N3O/c1-62-51-30-28-50(29-31-51)61(57-23-9-13-40-12-2-3-18-52(40)57)49-26-24-47(25-27-49)58(55-21-6-4-19-53(55)54-20-5-7-22-56(54)58)48-17-8-14-41(37-48)44-34-45(42-15-10-32-59-38-42)36-46(35-44)43-16-11-33-60-39-43/h2-39H,1H3. The summed E-state index contributed by atoms with van der Waals surface area (Å²) in [6, 6.07) is 74.8. The molecule has 0 aliphatic heterocycles. The van der Waals surface area contributed by atoms with Gasteiger partial charge in [0.1, 0.15) is 5.75 Å². The average molecular weight is 796 g/mol. The zero-order valence-corrected chi connectivity index (χ0v) is 34.2. The van der Waals surface area contributed by atoms with Gasteiger partial charge in [-0.1, -0.05) is 127 Å². The van der Waals surface area contributed by atoms with Crippen LogP contribution in [-0.2, 0) is 5.41 Å². The summed E-state index contributed by atoms with van der Waals surface area (Å²) in [5, 5.41) is 2.37. The minimum Gasteiger partial charge on any atom is -0.497 e. The highest BCUT2D eigenvalue weighted by molar-refractivity contribution is 5.99. The number of methoxy groups -OCH3 is 1. The highest BCUT2D eigenvalue weighted by atomic mass is 16.5. The highest BCUT2D eigenvalue weighted by Gasteiger charge is 2.46. The normalized spacial score (nSPS) is 12.4. The molecule has 0 saturated heterocycles. The van der Waals surface area contributed by atoms with Gasteiger partial charge in [-0.25, -0.2) is 0 Å². The molecule has 0 N–H and O–H groups in total. The Morgan fingerprint density at radius 1 is 0.419 bits per heavy atom. The Kier molecular flexibility index (Phi) is 9.24. The van der Waals surface area contributed by atoms with E-state index in [0.29, 0.717) is 0 Å². The van der Waals surface area contributed by atoms with Crippen molar-refractivity contribution in [1.29, 1.82) is 0 Å². The molecular weight excluding hydrogens is 755 g/mol. The number of fused-ring (bicyclic) bond motifs is 4. The minimum atomic E-state index is -0.598. The fraction of sp³-hybridized carbons (Fsp3) is 0.0345. The van der Waals surface area contributed by atoms with Crippen LogP contribution in [0.15, 0.2) is 231 Å². The molecule has 2 aromatic heterocycles. The van der Waals surface area contributed by atoms with E-state index in [-0.39, 0.29) is 0 Å². The van der Waals surface area contributed by atoms with Gasteiger partial charge in [-0.15, -0.1) is 0 Å². The predicted molar refractivity (Wildman–Crippen MR) is 254 cm³/mol. The Balaban J connectivity index is 1.11. The van der Waals surface area contributed by atoms with Crippen molar-refractivity contribution in [1.82, 2.24) is 9.97 Å². The second-order valence-corrected chi connectivity index (χ2v) is 15.8. The van der Waals surface area contributed by atoms with Gasteiger partial charge in [0.15, 0.2) is 0 Å². The lowest BCUT2D eigenvalue weighted by molar-refractivity contribution is 0.415. The van der Waals surface area contributed by atoms with Crippen LogP contribution in [0.5, 0.6) is 5.75 Å². The summed E-state index contributed by atoms with van der Waals surface area (Å²) < 4.78 is 5.58. The smallest absolute Gasteiger partial charge is 0.119 e. The summed E-state index contributed by atoms with van der Waals surface area (Å²) in [6.45, 7) is 0. The number of hydrogen-bond acceptors (Lipinski definition) is 4. The first-order valence-electron chi connectivity index (χ1n) is 21.0. The predicted octanol–water partition coefficient (Wildman–Crippen LogP) is 14.5. The molecule has 0 radical (unpaired) electrons. The summed E-state index contributed by atoms with van der Waals surface area (Å²) in [7, 11) is 1.71. The number of anilines is 3. The molecule has 0 unspecified atom stereocenters. The van der Waals surface area contributed by atoms with Crippen LogP contribution in [0.1, 0.15) is 22.3 Å². The number of hydrogen-bond donors (Lipinski definition) is 0. The van der Waals surface area contributed by atoms with E-state index in [9.17, 15) is 0 Å². The maximum atomic E-state index is 5.58. The first-order chi connectivity index (χ1) is 30.7. The second-order valence-electron chi connectivity index (χ2n) is 15.8. The van der Waals surface area contributed by atoms with Crippen LogP contribution in [0, 0.1) is 0 Å². The van der Waals surface area contributed by atoms with Crippen molar-refractivity contribution in [2.75, 3.05) is 12.0 Å². The highest BCUT2D eigenvalue weighted by Crippen LogP contribution is 2.57. The van der Waals surface area contributed by atoms with Gasteiger partial charge in [0.05, 0.1) is 18.2 Å². The van der Waals surface area contributed by atoms with E-state index in [1.54, 1.807) is 7.11 Å². The van der Waals surface area contributed by atoms with Crippen molar-refractivity contribution >= 4 is 27.8 Å². The van der Waals surface area contributed by atoms with Crippen LogP contribution in [0.4, 0.5) is 17.1 Å². The summed E-state index contributed by atoms with van der Waals surface area (Å²) in [5.74, 6) is 0.821. The quantitative estimate of drug-likeness (QED) is 0.146. The van der Waals surface area contributed by atoms with Crippen molar-refractivity contribution < 1.29 is 4.74 Å². The molecule has 4 nitrogen and oxygen atoms in total. The van der Waals surface area contributed by atoms with Crippen LogP contribution < -0.4 is 9.64 Å². The van der Waals surface area contributed by atoms with E-state index in [1.807, 2.05) is 49.1 Å². The summed E-state index contributed by atoms with van der Waals surface area (Å²) >= 11 is 0. The van der Waals surface area contributed by atoms with Gasteiger partial charge < -0.3 is 9.64 Å². The molecule has 8 aromatic carbocycles. The molecule has 2 heterocycles. The van der Waals surface area contributed by atoms with Crippen LogP contribution in [-0.4, -0.2) is 17.1 Å². The van der Waals surface area contributed by atoms with Crippen LogP contribution >= 0.6 is 0 Å². The topological polar surface area (TPSA) is 38.2 Å². The minimum absolute atomic E-state index is 0.598. The molecule has 0 amide bonds. The Bertz CT molecular complexity index is 3110. The maximum Gasteiger partial charge on any atom is 0.119 e.